The van der Waals surface area contributed by atoms with Crippen molar-refractivity contribution >= 4 is 45.9 Å². The molecule has 47 heavy (non-hydrogen) atoms. The summed E-state index contributed by atoms with van der Waals surface area (Å²) in [7, 11) is 3.83. The zero-order chi connectivity index (χ0) is 35.8. The second-order valence-corrected chi connectivity index (χ2v) is 10.4. The van der Waals surface area contributed by atoms with Crippen molar-refractivity contribution in [2.24, 2.45) is 4.99 Å². The van der Waals surface area contributed by atoms with Gasteiger partial charge < -0.3 is 25.1 Å². The van der Waals surface area contributed by atoms with Crippen molar-refractivity contribution in [2.45, 2.75) is 63.8 Å². The third-order valence-electron chi connectivity index (χ3n) is 6.38. The van der Waals surface area contributed by atoms with Crippen molar-refractivity contribution in [1.29, 1.82) is 0 Å². The highest BCUT2D eigenvalue weighted by Crippen LogP contribution is 2.20. The number of fused-ring (bicyclic) bond motifs is 1. The fourth-order valence-electron chi connectivity index (χ4n) is 3.93. The number of carbonyl (C=O) groups is 4. The molecule has 0 saturated carbocycles. The summed E-state index contributed by atoms with van der Waals surface area (Å²) < 4.78 is 63.1. The fraction of sp³-hybridized carbons (Fsp3) is 0.433. The van der Waals surface area contributed by atoms with Crippen molar-refractivity contribution in [3.05, 3.63) is 54.2 Å². The van der Waals surface area contributed by atoms with Gasteiger partial charge in [-0.15, -0.1) is 0 Å². The molecule has 1 atom stereocenters. The predicted octanol–water partition coefficient (Wildman–Crippen LogP) is 0.165. The lowest BCUT2D eigenvalue weighted by atomic mass is 10.0. The minimum Gasteiger partial charge on any atom is -0.542 e. The van der Waals surface area contributed by atoms with E-state index in [1.165, 1.54) is 10.8 Å². The normalized spacial score (nSPS) is 13.4. The molecule has 1 aliphatic heterocycles. The van der Waals surface area contributed by atoms with Crippen LogP contribution in [0, 0.1) is 0 Å². The van der Waals surface area contributed by atoms with E-state index >= 15 is 0 Å². The van der Waals surface area contributed by atoms with E-state index in [1.807, 2.05) is 49.8 Å². The van der Waals surface area contributed by atoms with Crippen LogP contribution in [0.2, 0.25) is 0 Å². The highest BCUT2D eigenvalue weighted by molar-refractivity contribution is 5.92. The molecule has 0 spiro atoms. The SMILES string of the molecule is CCC(=O)CCCCC[C@H](NC(=O)C[NH2+]N(C)C)C1=NC=C(c2ccc3ccccc3c2)[NH2+]1.O=C([O-])C(F)(F)F.O=C([O-])C(F)(F)F. The van der Waals surface area contributed by atoms with Gasteiger partial charge in [0.1, 0.15) is 23.8 Å². The van der Waals surface area contributed by atoms with Crippen LogP contribution in [-0.2, 0) is 19.2 Å². The van der Waals surface area contributed by atoms with Gasteiger partial charge in [0.2, 0.25) is 5.84 Å². The number of carboxylic acid groups (broad SMARTS) is 2. The van der Waals surface area contributed by atoms with Crippen LogP contribution in [-0.4, -0.2) is 73.5 Å². The summed E-state index contributed by atoms with van der Waals surface area (Å²) in [5.41, 5.74) is 4.04. The fourth-order valence-corrected chi connectivity index (χ4v) is 3.93. The highest BCUT2D eigenvalue weighted by Gasteiger charge is 2.30. The number of hydrogen-bond donors (Lipinski definition) is 3. The Hall–Kier alpha value is -4.35. The Labute approximate surface area is 266 Å². The molecule has 0 unspecified atom stereocenters. The van der Waals surface area contributed by atoms with Gasteiger partial charge in [0, 0.05) is 32.5 Å². The molecule has 11 nitrogen and oxygen atoms in total. The van der Waals surface area contributed by atoms with E-state index in [-0.39, 0.29) is 11.9 Å². The van der Waals surface area contributed by atoms with E-state index in [4.69, 9.17) is 19.8 Å². The van der Waals surface area contributed by atoms with Gasteiger partial charge in [-0.05, 0) is 35.7 Å². The number of aliphatic imine (C=N–C) groups is 1. The number of unbranched alkanes of at least 4 members (excludes halogenated alkanes) is 2. The van der Waals surface area contributed by atoms with Gasteiger partial charge in [-0.1, -0.05) is 50.1 Å². The number of amidine groups is 1. The quantitative estimate of drug-likeness (QED) is 0.117. The lowest BCUT2D eigenvalue weighted by Crippen LogP contribution is -2.94. The first-order valence-electron chi connectivity index (χ1n) is 14.3. The number of hydrogen-bond acceptors (Lipinski definition) is 8. The minimum absolute atomic E-state index is 0.00915. The molecule has 0 aromatic heterocycles. The highest BCUT2D eigenvalue weighted by atomic mass is 19.4. The number of aliphatic carboxylic acids is 2. The summed E-state index contributed by atoms with van der Waals surface area (Å²) in [5, 5.41) is 27.1. The zero-order valence-electron chi connectivity index (χ0n) is 25.9. The van der Waals surface area contributed by atoms with Gasteiger partial charge >= 0.3 is 12.4 Å². The van der Waals surface area contributed by atoms with Crippen molar-refractivity contribution in [3.8, 4) is 0 Å². The second-order valence-electron chi connectivity index (χ2n) is 10.4. The van der Waals surface area contributed by atoms with Crippen LogP contribution < -0.4 is 26.3 Å². The van der Waals surface area contributed by atoms with Crippen molar-refractivity contribution in [1.82, 2.24) is 10.3 Å². The van der Waals surface area contributed by atoms with Crippen LogP contribution in [0.15, 0.2) is 53.7 Å². The Bertz CT molecular complexity index is 1400. The smallest absolute Gasteiger partial charge is 0.430 e. The topological polar surface area (TPSA) is 175 Å². The molecule has 2 aromatic carbocycles. The molecule has 5 N–H and O–H groups in total. The van der Waals surface area contributed by atoms with Gasteiger partial charge in [-0.2, -0.15) is 31.4 Å². The lowest BCUT2D eigenvalue weighted by Gasteiger charge is -2.17. The molecule has 0 fully saturated rings. The second kappa shape index (κ2) is 19.3. The number of carbonyl (C=O) groups excluding carboxylic acids is 4. The standard InChI is InChI=1S/C26H35N5O2.2C2HF3O2/c1-4-22(32)12-6-5-7-13-23(29-25(33)18-28-31(2)3)26-27-17-24(30-26)21-15-14-19-10-8-9-11-20(19)16-21;2*3-2(4,5)1(6)7/h8-11,14-17,23,28H,4-7,12-13,18H2,1-3H3,(H,27,30)(H,29,33);2*(H,6,7)/t23-;;/m0../s1. The maximum absolute atomic E-state index is 12.5. The third-order valence-corrected chi connectivity index (χ3v) is 6.38. The average Bonchev–Trinajstić information content (AvgIpc) is 3.49. The molecule has 1 heterocycles. The molecule has 17 heteroatoms. The zero-order valence-corrected chi connectivity index (χ0v) is 25.9. The summed E-state index contributed by atoms with van der Waals surface area (Å²) in [6, 6.07) is 14.6. The maximum atomic E-state index is 12.5. The minimum atomic E-state index is -5.19. The van der Waals surface area contributed by atoms with Crippen LogP contribution in [0.1, 0.15) is 51.0 Å². The molecule has 3 rings (SSSR count). The number of rotatable bonds is 13. The summed E-state index contributed by atoms with van der Waals surface area (Å²) in [6.45, 7) is 2.25. The molecular formula is C30H37F6N5O6. The number of nitrogens with two attached hydrogens (primary N) is 2. The summed E-state index contributed by atoms with van der Waals surface area (Å²) >= 11 is 0. The van der Waals surface area contributed by atoms with Crippen molar-refractivity contribution in [3.63, 3.8) is 0 Å². The molecule has 1 amide bonds. The van der Waals surface area contributed by atoms with Crippen LogP contribution >= 0.6 is 0 Å². The van der Waals surface area contributed by atoms with E-state index in [0.717, 1.165) is 42.8 Å². The lowest BCUT2D eigenvalue weighted by molar-refractivity contribution is -0.785. The predicted molar refractivity (Wildman–Crippen MR) is 154 cm³/mol. The Balaban J connectivity index is 0.000000658. The molecule has 0 saturated heterocycles. The van der Waals surface area contributed by atoms with Crippen LogP contribution in [0.5, 0.6) is 0 Å². The van der Waals surface area contributed by atoms with Crippen molar-refractivity contribution in [2.75, 3.05) is 20.6 Å². The maximum Gasteiger partial charge on any atom is 0.430 e. The van der Waals surface area contributed by atoms with Gasteiger partial charge in [0.25, 0.3) is 5.91 Å². The Morgan fingerprint density at radius 1 is 0.915 bits per heavy atom. The molecular weight excluding hydrogens is 640 g/mol. The molecule has 0 radical (unpaired) electrons. The van der Waals surface area contributed by atoms with E-state index in [9.17, 15) is 35.9 Å². The van der Waals surface area contributed by atoms with Crippen LogP contribution in [0.25, 0.3) is 16.5 Å². The first kappa shape index (κ1) is 40.7. The average molecular weight is 678 g/mol. The number of carboxylic acids is 2. The summed E-state index contributed by atoms with van der Waals surface area (Å²) in [5.74, 6) is -4.82. The number of alkyl halides is 6. The first-order valence-corrected chi connectivity index (χ1v) is 14.3. The summed E-state index contributed by atoms with van der Waals surface area (Å²) in [6.07, 6.45) is -3.62. The van der Waals surface area contributed by atoms with Crippen LogP contribution in [0.4, 0.5) is 26.3 Å². The monoisotopic (exact) mass is 677 g/mol. The number of Topliss-reactive ketones (excluding diaryl/α,β-unsaturated/α-hetero) is 1. The van der Waals surface area contributed by atoms with Gasteiger partial charge in [-0.25, -0.2) is 4.99 Å². The van der Waals surface area contributed by atoms with Gasteiger partial charge in [-0.3, -0.25) is 20.3 Å². The van der Waals surface area contributed by atoms with Gasteiger partial charge in [0.15, 0.2) is 12.2 Å². The van der Waals surface area contributed by atoms with Gasteiger partial charge in [0.05, 0.1) is 6.20 Å². The number of nitrogens with one attached hydrogen (secondary N) is 1. The van der Waals surface area contributed by atoms with E-state index in [1.54, 1.807) is 0 Å². The number of ketones is 1. The van der Waals surface area contributed by atoms with E-state index in [0.29, 0.717) is 25.2 Å². The largest absolute Gasteiger partial charge is 0.542 e. The van der Waals surface area contributed by atoms with Crippen LogP contribution in [0.3, 0.4) is 0 Å². The number of quaternary nitrogens is 2. The number of nitrogens with zero attached hydrogens (tertiary/aromatic N) is 2. The van der Waals surface area contributed by atoms with E-state index in [2.05, 4.69) is 46.0 Å². The molecule has 260 valence electrons. The third kappa shape index (κ3) is 16.2. The Kier molecular flexibility index (Phi) is 16.7. The molecule has 0 bridgehead atoms. The van der Waals surface area contributed by atoms with E-state index < -0.39 is 24.3 Å². The van der Waals surface area contributed by atoms with Crippen molar-refractivity contribution < 1.29 is 66.5 Å². The molecule has 2 aromatic rings. The number of benzene rings is 2. The number of halogens is 6. The number of amides is 1. The molecule has 1 aliphatic rings. The molecule has 0 aliphatic carbocycles. The first-order chi connectivity index (χ1) is 21.8. The summed E-state index contributed by atoms with van der Waals surface area (Å²) in [4.78, 5) is 46.3. The Morgan fingerprint density at radius 3 is 2.02 bits per heavy atom. The Morgan fingerprint density at radius 2 is 1.49 bits per heavy atom.